The molecule has 1 saturated heterocycles. The molecule has 1 atom stereocenters. The van der Waals surface area contributed by atoms with Crippen LogP contribution in [-0.2, 0) is 0 Å². The zero-order valence-electron chi connectivity index (χ0n) is 12.7. The van der Waals surface area contributed by atoms with E-state index in [1.165, 1.54) is 11.3 Å². The first-order valence-electron chi connectivity index (χ1n) is 7.61. The summed E-state index contributed by atoms with van der Waals surface area (Å²) in [4.78, 5) is 23.9. The van der Waals surface area contributed by atoms with Gasteiger partial charge in [0.25, 0.3) is 5.91 Å². The van der Waals surface area contributed by atoms with Gasteiger partial charge in [-0.05, 0) is 34.1 Å². The number of para-hydroxylation sites is 2. The van der Waals surface area contributed by atoms with Gasteiger partial charge in [0.2, 0.25) is 5.88 Å². The molecule has 0 N–H and O–H groups in total. The highest BCUT2D eigenvalue weighted by Gasteiger charge is 2.29. The van der Waals surface area contributed by atoms with Gasteiger partial charge in [-0.3, -0.25) is 4.79 Å². The number of carbonyl (C=O) groups is 1. The molecule has 0 radical (unpaired) electrons. The average molecular weight is 404 g/mol. The number of nitrogens with zero attached hydrogens (tertiary/aromatic N) is 3. The van der Waals surface area contributed by atoms with Gasteiger partial charge < -0.3 is 9.64 Å². The Morgan fingerprint density at radius 1 is 1.33 bits per heavy atom. The summed E-state index contributed by atoms with van der Waals surface area (Å²) in [5.41, 5.74) is 1.65. The molecule has 0 bridgehead atoms. The third kappa shape index (κ3) is 3.14. The number of ether oxygens (including phenoxy) is 1. The molecular formula is C17H14BrN3O2S. The Morgan fingerprint density at radius 2 is 2.17 bits per heavy atom. The van der Waals surface area contributed by atoms with Gasteiger partial charge in [0.05, 0.1) is 28.7 Å². The lowest BCUT2D eigenvalue weighted by atomic mass is 10.3. The van der Waals surface area contributed by atoms with E-state index in [1.54, 1.807) is 6.20 Å². The smallest absolute Gasteiger partial charge is 0.264 e. The number of thiophene rings is 1. The van der Waals surface area contributed by atoms with Crippen LogP contribution < -0.4 is 4.74 Å². The van der Waals surface area contributed by atoms with E-state index in [2.05, 4.69) is 25.9 Å². The van der Waals surface area contributed by atoms with E-state index in [4.69, 9.17) is 4.74 Å². The van der Waals surface area contributed by atoms with Gasteiger partial charge in [0, 0.05) is 22.8 Å². The van der Waals surface area contributed by atoms with Crippen LogP contribution in [-0.4, -0.2) is 40.0 Å². The predicted octanol–water partition coefficient (Wildman–Crippen LogP) is 3.75. The predicted molar refractivity (Wildman–Crippen MR) is 96.5 cm³/mol. The second-order valence-electron chi connectivity index (χ2n) is 5.61. The lowest BCUT2D eigenvalue weighted by Crippen LogP contribution is -2.30. The minimum Gasteiger partial charge on any atom is -0.471 e. The molecular weight excluding hydrogens is 390 g/mol. The first-order chi connectivity index (χ1) is 11.7. The van der Waals surface area contributed by atoms with Crippen LogP contribution in [0.1, 0.15) is 16.1 Å². The summed E-state index contributed by atoms with van der Waals surface area (Å²) in [5, 5.41) is 1.92. The summed E-state index contributed by atoms with van der Waals surface area (Å²) in [6.45, 7) is 1.27. The monoisotopic (exact) mass is 403 g/mol. The molecule has 5 nitrogen and oxygen atoms in total. The third-order valence-corrected chi connectivity index (χ3v) is 5.60. The highest BCUT2D eigenvalue weighted by Crippen LogP contribution is 2.24. The average Bonchev–Trinajstić information content (AvgIpc) is 3.23. The molecule has 122 valence electrons. The van der Waals surface area contributed by atoms with Crippen LogP contribution in [0.25, 0.3) is 11.0 Å². The first kappa shape index (κ1) is 15.5. The molecule has 3 heterocycles. The summed E-state index contributed by atoms with van der Waals surface area (Å²) >= 11 is 4.83. The summed E-state index contributed by atoms with van der Waals surface area (Å²) in [6.07, 6.45) is 2.39. The molecule has 7 heteroatoms. The van der Waals surface area contributed by atoms with Crippen molar-refractivity contribution in [3.8, 4) is 5.88 Å². The van der Waals surface area contributed by atoms with E-state index in [1.807, 2.05) is 40.6 Å². The molecule has 24 heavy (non-hydrogen) atoms. The van der Waals surface area contributed by atoms with Gasteiger partial charge >= 0.3 is 0 Å². The van der Waals surface area contributed by atoms with Gasteiger partial charge in [-0.15, -0.1) is 11.3 Å². The van der Waals surface area contributed by atoms with Crippen molar-refractivity contribution in [3.05, 3.63) is 51.3 Å². The summed E-state index contributed by atoms with van der Waals surface area (Å²) in [5.74, 6) is 0.563. The number of fused-ring (bicyclic) bond motifs is 1. The fourth-order valence-corrected chi connectivity index (χ4v) is 4.15. The molecule has 4 rings (SSSR count). The Labute approximate surface area is 151 Å². The quantitative estimate of drug-likeness (QED) is 0.667. The Kier molecular flexibility index (Phi) is 4.20. The highest BCUT2D eigenvalue weighted by atomic mass is 79.9. The van der Waals surface area contributed by atoms with E-state index in [0.29, 0.717) is 19.0 Å². The minimum atomic E-state index is -0.0483. The molecule has 2 aromatic heterocycles. The molecule has 1 aliphatic heterocycles. The van der Waals surface area contributed by atoms with E-state index >= 15 is 0 Å². The second kappa shape index (κ2) is 6.49. The van der Waals surface area contributed by atoms with Gasteiger partial charge in [0.1, 0.15) is 6.10 Å². The molecule has 1 unspecified atom stereocenters. The fourth-order valence-electron chi connectivity index (χ4n) is 2.76. The van der Waals surface area contributed by atoms with Crippen molar-refractivity contribution in [3.63, 3.8) is 0 Å². The first-order valence-corrected chi connectivity index (χ1v) is 9.28. The molecule has 1 fully saturated rings. The molecule has 1 amide bonds. The van der Waals surface area contributed by atoms with E-state index in [-0.39, 0.29) is 12.0 Å². The van der Waals surface area contributed by atoms with Crippen LogP contribution in [0.4, 0.5) is 0 Å². The number of hydrogen-bond acceptors (Lipinski definition) is 5. The van der Waals surface area contributed by atoms with Crippen LogP contribution in [0.2, 0.25) is 0 Å². The Balaban J connectivity index is 1.43. The maximum absolute atomic E-state index is 12.5. The topological polar surface area (TPSA) is 55.3 Å². The Hall–Kier alpha value is -1.99. The summed E-state index contributed by atoms with van der Waals surface area (Å²) in [7, 11) is 0. The van der Waals surface area contributed by atoms with Gasteiger partial charge in [-0.1, -0.05) is 12.1 Å². The largest absolute Gasteiger partial charge is 0.471 e. The third-order valence-electron chi connectivity index (χ3n) is 3.92. The van der Waals surface area contributed by atoms with Crippen LogP contribution >= 0.6 is 27.3 Å². The number of hydrogen-bond donors (Lipinski definition) is 0. The lowest BCUT2D eigenvalue weighted by molar-refractivity contribution is 0.0776. The number of amides is 1. The van der Waals surface area contributed by atoms with E-state index in [0.717, 1.165) is 26.8 Å². The Bertz CT molecular complexity index is 898. The van der Waals surface area contributed by atoms with Crippen molar-refractivity contribution in [1.82, 2.24) is 14.9 Å². The van der Waals surface area contributed by atoms with Gasteiger partial charge in [-0.2, -0.15) is 0 Å². The lowest BCUT2D eigenvalue weighted by Gasteiger charge is -2.16. The zero-order chi connectivity index (χ0) is 16.5. The molecule has 3 aromatic rings. The van der Waals surface area contributed by atoms with Crippen molar-refractivity contribution in [2.75, 3.05) is 13.1 Å². The van der Waals surface area contributed by atoms with Crippen molar-refractivity contribution >= 4 is 44.2 Å². The molecule has 0 saturated carbocycles. The van der Waals surface area contributed by atoms with Crippen LogP contribution in [0.15, 0.2) is 46.4 Å². The standard InChI is InChI=1S/C17H14BrN3O2S/c18-11-7-15(24-10-11)17(22)21-6-5-12(9-21)23-16-8-19-13-3-1-2-4-14(13)20-16/h1-4,7-8,10,12H,5-6,9H2. The number of rotatable bonds is 3. The molecule has 1 aromatic carbocycles. The van der Waals surface area contributed by atoms with Crippen molar-refractivity contribution in [2.45, 2.75) is 12.5 Å². The second-order valence-corrected chi connectivity index (χ2v) is 7.43. The van der Waals surface area contributed by atoms with Gasteiger partial charge in [-0.25, -0.2) is 9.97 Å². The molecule has 1 aliphatic rings. The minimum absolute atomic E-state index is 0.0483. The molecule has 0 spiro atoms. The van der Waals surface area contributed by atoms with Crippen molar-refractivity contribution in [2.24, 2.45) is 0 Å². The fraction of sp³-hybridized carbons (Fsp3) is 0.235. The number of aromatic nitrogens is 2. The van der Waals surface area contributed by atoms with Crippen LogP contribution in [0, 0.1) is 0 Å². The van der Waals surface area contributed by atoms with Gasteiger partial charge in [0.15, 0.2) is 0 Å². The summed E-state index contributed by atoms with van der Waals surface area (Å²) < 4.78 is 6.87. The highest BCUT2D eigenvalue weighted by molar-refractivity contribution is 9.10. The van der Waals surface area contributed by atoms with E-state index in [9.17, 15) is 4.79 Å². The van der Waals surface area contributed by atoms with E-state index < -0.39 is 0 Å². The zero-order valence-corrected chi connectivity index (χ0v) is 15.1. The SMILES string of the molecule is O=C(c1cc(Br)cs1)N1CCC(Oc2cnc3ccccc3n2)C1. The molecule has 0 aliphatic carbocycles. The van der Waals surface area contributed by atoms with Crippen molar-refractivity contribution < 1.29 is 9.53 Å². The number of halogens is 1. The summed E-state index contributed by atoms with van der Waals surface area (Å²) in [6, 6.07) is 9.54. The van der Waals surface area contributed by atoms with Crippen LogP contribution in [0.5, 0.6) is 5.88 Å². The number of likely N-dealkylation sites (tertiary alicyclic amines) is 1. The maximum atomic E-state index is 12.5. The number of benzene rings is 1. The number of carbonyl (C=O) groups excluding carboxylic acids is 1. The van der Waals surface area contributed by atoms with Crippen molar-refractivity contribution in [1.29, 1.82) is 0 Å². The normalized spacial score (nSPS) is 17.4. The van der Waals surface area contributed by atoms with Crippen LogP contribution in [0.3, 0.4) is 0 Å². The maximum Gasteiger partial charge on any atom is 0.264 e. The Morgan fingerprint density at radius 3 is 2.96 bits per heavy atom.